The Morgan fingerprint density at radius 2 is 2.17 bits per heavy atom. The van der Waals surface area contributed by atoms with Gasteiger partial charge in [-0.15, -0.1) is 0 Å². The molecule has 0 saturated carbocycles. The van der Waals surface area contributed by atoms with E-state index in [4.69, 9.17) is 5.11 Å². The van der Waals surface area contributed by atoms with Crippen molar-refractivity contribution >= 4 is 11.9 Å². The van der Waals surface area contributed by atoms with Gasteiger partial charge < -0.3 is 15.1 Å². The van der Waals surface area contributed by atoms with Crippen molar-refractivity contribution in [3.8, 4) is 5.75 Å². The highest BCUT2D eigenvalue weighted by Crippen LogP contribution is 2.19. The van der Waals surface area contributed by atoms with E-state index in [2.05, 4.69) is 4.98 Å². The van der Waals surface area contributed by atoms with Crippen LogP contribution in [-0.2, 0) is 4.79 Å². The number of pyridine rings is 1. The largest absolute Gasteiger partial charge is 0.506 e. The third kappa shape index (κ3) is 2.58. The summed E-state index contributed by atoms with van der Waals surface area (Å²) in [5.41, 5.74) is 0.279. The van der Waals surface area contributed by atoms with Gasteiger partial charge in [-0.25, -0.2) is 0 Å². The second-order valence-electron chi connectivity index (χ2n) is 4.36. The number of likely N-dealkylation sites (tertiary alicyclic amines) is 1. The summed E-state index contributed by atoms with van der Waals surface area (Å²) < 4.78 is 0. The third-order valence-corrected chi connectivity index (χ3v) is 3.03. The highest BCUT2D eigenvalue weighted by atomic mass is 16.4. The molecule has 0 bridgehead atoms. The SMILES string of the molecule is O=C(O)C1CCCN(C(=O)c2cncc(O)c2)C1. The summed E-state index contributed by atoms with van der Waals surface area (Å²) >= 11 is 0. The molecule has 1 atom stereocenters. The zero-order valence-corrected chi connectivity index (χ0v) is 9.74. The van der Waals surface area contributed by atoms with Crippen LogP contribution < -0.4 is 0 Å². The second kappa shape index (κ2) is 5.03. The number of nitrogens with zero attached hydrogens (tertiary/aromatic N) is 2. The first-order valence-electron chi connectivity index (χ1n) is 5.74. The quantitative estimate of drug-likeness (QED) is 0.807. The first-order chi connectivity index (χ1) is 8.58. The summed E-state index contributed by atoms with van der Waals surface area (Å²) in [6.45, 7) is 0.752. The van der Waals surface area contributed by atoms with Gasteiger partial charge in [0.15, 0.2) is 0 Å². The van der Waals surface area contributed by atoms with E-state index in [0.717, 1.165) is 0 Å². The molecule has 1 fully saturated rings. The minimum absolute atomic E-state index is 0.0763. The highest BCUT2D eigenvalue weighted by molar-refractivity contribution is 5.94. The highest BCUT2D eigenvalue weighted by Gasteiger charge is 2.28. The Hall–Kier alpha value is -2.11. The zero-order valence-electron chi connectivity index (χ0n) is 9.74. The van der Waals surface area contributed by atoms with E-state index in [-0.39, 0.29) is 23.8 Å². The molecule has 2 heterocycles. The van der Waals surface area contributed by atoms with Gasteiger partial charge in [0, 0.05) is 19.3 Å². The molecular weight excluding hydrogens is 236 g/mol. The van der Waals surface area contributed by atoms with Crippen LogP contribution in [0.25, 0.3) is 0 Å². The van der Waals surface area contributed by atoms with Crippen molar-refractivity contribution in [2.24, 2.45) is 5.92 Å². The number of carbonyl (C=O) groups excluding carboxylic acids is 1. The molecule has 6 heteroatoms. The molecule has 0 aliphatic carbocycles. The molecule has 96 valence electrons. The van der Waals surface area contributed by atoms with Gasteiger partial charge >= 0.3 is 5.97 Å². The smallest absolute Gasteiger partial charge is 0.308 e. The van der Waals surface area contributed by atoms with Crippen molar-refractivity contribution in [1.29, 1.82) is 0 Å². The minimum atomic E-state index is -0.874. The average Bonchev–Trinajstić information content (AvgIpc) is 2.38. The summed E-state index contributed by atoms with van der Waals surface area (Å²) in [5, 5.41) is 18.2. The first-order valence-corrected chi connectivity index (χ1v) is 5.74. The number of piperidine rings is 1. The van der Waals surface area contributed by atoms with Gasteiger partial charge in [-0.1, -0.05) is 0 Å². The number of aromatic nitrogens is 1. The van der Waals surface area contributed by atoms with E-state index < -0.39 is 11.9 Å². The normalized spacial score (nSPS) is 19.6. The molecule has 1 saturated heterocycles. The molecule has 1 unspecified atom stereocenters. The average molecular weight is 250 g/mol. The maximum atomic E-state index is 12.1. The standard InChI is InChI=1S/C12H14N2O4/c15-10-4-9(5-13-6-10)11(16)14-3-1-2-8(7-14)12(17)18/h4-6,8,15H,1-3,7H2,(H,17,18). The van der Waals surface area contributed by atoms with Gasteiger partial charge in [-0.3, -0.25) is 14.6 Å². The Bertz CT molecular complexity index is 475. The molecule has 18 heavy (non-hydrogen) atoms. The van der Waals surface area contributed by atoms with Crippen molar-refractivity contribution in [3.05, 3.63) is 24.0 Å². The van der Waals surface area contributed by atoms with Crippen LogP contribution in [0.3, 0.4) is 0 Å². The lowest BCUT2D eigenvalue weighted by Gasteiger charge is -2.30. The van der Waals surface area contributed by atoms with Crippen LogP contribution in [-0.4, -0.2) is 45.1 Å². The molecule has 1 aromatic heterocycles. The lowest BCUT2D eigenvalue weighted by Crippen LogP contribution is -2.42. The van der Waals surface area contributed by atoms with Crippen LogP contribution in [0.2, 0.25) is 0 Å². The van der Waals surface area contributed by atoms with Crippen LogP contribution in [0.5, 0.6) is 5.75 Å². The van der Waals surface area contributed by atoms with Crippen LogP contribution in [0, 0.1) is 5.92 Å². The Morgan fingerprint density at radius 1 is 1.39 bits per heavy atom. The number of hydrogen-bond donors (Lipinski definition) is 2. The second-order valence-corrected chi connectivity index (χ2v) is 4.36. The first kappa shape index (κ1) is 12.3. The van der Waals surface area contributed by atoms with E-state index in [1.807, 2.05) is 0 Å². The monoisotopic (exact) mass is 250 g/mol. The van der Waals surface area contributed by atoms with Crippen molar-refractivity contribution in [1.82, 2.24) is 9.88 Å². The van der Waals surface area contributed by atoms with E-state index in [9.17, 15) is 14.7 Å². The number of rotatable bonds is 2. The van der Waals surface area contributed by atoms with Crippen molar-refractivity contribution in [2.45, 2.75) is 12.8 Å². The van der Waals surface area contributed by atoms with Crippen molar-refractivity contribution in [3.63, 3.8) is 0 Å². The number of hydrogen-bond acceptors (Lipinski definition) is 4. The van der Waals surface area contributed by atoms with Crippen LogP contribution in [0.4, 0.5) is 0 Å². The molecule has 0 spiro atoms. The Balaban J connectivity index is 2.11. The molecule has 2 rings (SSSR count). The van der Waals surface area contributed by atoms with Gasteiger partial charge in [-0.2, -0.15) is 0 Å². The predicted octanol–water partition coefficient (Wildman–Crippen LogP) is 0.724. The van der Waals surface area contributed by atoms with Gasteiger partial charge in [0.05, 0.1) is 17.7 Å². The summed E-state index contributed by atoms with van der Waals surface area (Å²) in [6, 6.07) is 1.33. The molecule has 2 N–H and O–H groups in total. The lowest BCUT2D eigenvalue weighted by atomic mass is 9.98. The van der Waals surface area contributed by atoms with E-state index in [0.29, 0.717) is 19.4 Å². The van der Waals surface area contributed by atoms with Crippen LogP contribution >= 0.6 is 0 Å². The Morgan fingerprint density at radius 3 is 2.83 bits per heavy atom. The van der Waals surface area contributed by atoms with Gasteiger partial charge in [0.1, 0.15) is 5.75 Å². The lowest BCUT2D eigenvalue weighted by molar-refractivity contribution is -0.143. The summed E-state index contributed by atoms with van der Waals surface area (Å²) in [6.07, 6.45) is 3.88. The number of aromatic hydroxyl groups is 1. The maximum Gasteiger partial charge on any atom is 0.308 e. The predicted molar refractivity (Wildman–Crippen MR) is 62.2 cm³/mol. The van der Waals surface area contributed by atoms with Crippen molar-refractivity contribution < 1.29 is 19.8 Å². The maximum absolute atomic E-state index is 12.1. The van der Waals surface area contributed by atoms with E-state index >= 15 is 0 Å². The summed E-state index contributed by atoms with van der Waals surface area (Å²) in [4.78, 5) is 28.3. The molecule has 6 nitrogen and oxygen atoms in total. The molecule has 1 amide bonds. The number of carboxylic acid groups (broad SMARTS) is 1. The Labute approximate surface area is 104 Å². The van der Waals surface area contributed by atoms with E-state index in [1.54, 1.807) is 0 Å². The topological polar surface area (TPSA) is 90.7 Å². The summed E-state index contributed by atoms with van der Waals surface area (Å²) in [5.74, 6) is -1.74. The van der Waals surface area contributed by atoms with Gasteiger partial charge in [-0.05, 0) is 18.9 Å². The zero-order chi connectivity index (χ0) is 13.1. The number of carboxylic acids is 1. The minimum Gasteiger partial charge on any atom is -0.506 e. The molecular formula is C12H14N2O4. The van der Waals surface area contributed by atoms with Gasteiger partial charge in [0.25, 0.3) is 5.91 Å². The fraction of sp³-hybridized carbons (Fsp3) is 0.417. The van der Waals surface area contributed by atoms with E-state index in [1.165, 1.54) is 23.4 Å². The molecule has 0 aromatic carbocycles. The number of aliphatic carboxylic acids is 1. The van der Waals surface area contributed by atoms with Crippen LogP contribution in [0.15, 0.2) is 18.5 Å². The number of amides is 1. The summed E-state index contributed by atoms with van der Waals surface area (Å²) in [7, 11) is 0. The fourth-order valence-electron chi connectivity index (χ4n) is 2.09. The third-order valence-electron chi connectivity index (χ3n) is 3.03. The fourth-order valence-corrected chi connectivity index (χ4v) is 2.09. The Kier molecular flexibility index (Phi) is 3.45. The molecule has 1 aliphatic heterocycles. The molecule has 1 aromatic rings. The number of carbonyl (C=O) groups is 2. The van der Waals surface area contributed by atoms with Crippen molar-refractivity contribution in [2.75, 3.05) is 13.1 Å². The van der Waals surface area contributed by atoms with Gasteiger partial charge in [0.2, 0.25) is 0 Å². The molecule has 0 radical (unpaired) electrons. The van der Waals surface area contributed by atoms with Crippen LogP contribution in [0.1, 0.15) is 23.2 Å². The molecule has 1 aliphatic rings.